The highest BCUT2D eigenvalue weighted by Gasteiger charge is 2.05. The van der Waals surface area contributed by atoms with Crippen molar-refractivity contribution in [2.24, 2.45) is 0 Å². The minimum atomic E-state index is -0.406. The van der Waals surface area contributed by atoms with Crippen LogP contribution in [0.2, 0.25) is 5.02 Å². The first-order chi connectivity index (χ1) is 5.65. The monoisotopic (exact) mass is 205 g/mol. The molecule has 1 N–H and O–H groups in total. The largest absolute Gasteiger partial charge is 0.305 e. The molecule has 0 bridgehead atoms. The fourth-order valence-corrected chi connectivity index (χ4v) is 1.20. The van der Waals surface area contributed by atoms with E-state index in [0.29, 0.717) is 0 Å². The van der Waals surface area contributed by atoms with Crippen LogP contribution in [0, 0.1) is 5.82 Å². The van der Waals surface area contributed by atoms with Crippen LogP contribution >= 0.6 is 24.2 Å². The van der Waals surface area contributed by atoms with Crippen LogP contribution in [0.15, 0.2) is 18.2 Å². The molecule has 1 atom stereocenters. The van der Waals surface area contributed by atoms with Gasteiger partial charge in [-0.1, -0.05) is 17.7 Å². The lowest BCUT2D eigenvalue weighted by molar-refractivity contribution is 0.626. The molecular weight excluding hydrogens is 197 g/mol. The van der Waals surface area contributed by atoms with Crippen LogP contribution in [0.3, 0.4) is 0 Å². The summed E-state index contributed by atoms with van der Waals surface area (Å²) in [6.45, 7) is 0. The van der Waals surface area contributed by atoms with Crippen LogP contribution in [-0.4, -0.2) is 7.05 Å². The van der Waals surface area contributed by atoms with Gasteiger partial charge in [0.2, 0.25) is 0 Å². The third-order valence-electron chi connectivity index (χ3n) is 1.53. The van der Waals surface area contributed by atoms with Crippen molar-refractivity contribution in [1.82, 2.24) is 5.32 Å². The average molecular weight is 206 g/mol. The number of rotatable bonds is 2. The Labute approximate surface area is 81.3 Å². The van der Waals surface area contributed by atoms with Crippen molar-refractivity contribution >= 4 is 24.2 Å². The lowest BCUT2D eigenvalue weighted by Gasteiger charge is -2.09. The summed E-state index contributed by atoms with van der Waals surface area (Å²) in [4.78, 5) is 0. The topological polar surface area (TPSA) is 12.0 Å². The van der Waals surface area contributed by atoms with E-state index in [1.165, 1.54) is 6.07 Å². The van der Waals surface area contributed by atoms with Crippen LogP contribution in [-0.2, 0) is 0 Å². The van der Waals surface area contributed by atoms with E-state index in [1.54, 1.807) is 19.2 Å². The molecule has 0 heterocycles. The van der Waals surface area contributed by atoms with Crippen molar-refractivity contribution in [3.63, 3.8) is 0 Å². The standard InChI is InChI=1S/C8H9ClFNS/c1-11-8(12)5-2-3-7(10)6(9)4-5/h2-4,8,11-12H,1H3. The van der Waals surface area contributed by atoms with E-state index in [4.69, 9.17) is 11.6 Å². The van der Waals surface area contributed by atoms with Gasteiger partial charge in [-0.15, -0.1) is 0 Å². The second kappa shape index (κ2) is 4.12. The van der Waals surface area contributed by atoms with E-state index in [1.807, 2.05) is 0 Å². The third kappa shape index (κ3) is 2.12. The summed E-state index contributed by atoms with van der Waals surface area (Å²) in [5.74, 6) is -0.406. The Morgan fingerprint density at radius 2 is 2.25 bits per heavy atom. The number of nitrogens with one attached hydrogen (secondary N) is 1. The van der Waals surface area contributed by atoms with Gasteiger partial charge in [-0.25, -0.2) is 4.39 Å². The highest BCUT2D eigenvalue weighted by Crippen LogP contribution is 2.22. The molecule has 0 aliphatic carbocycles. The summed E-state index contributed by atoms with van der Waals surface area (Å²) in [7, 11) is 1.77. The van der Waals surface area contributed by atoms with Crippen molar-refractivity contribution < 1.29 is 4.39 Å². The van der Waals surface area contributed by atoms with Gasteiger partial charge in [0.1, 0.15) is 5.82 Å². The molecule has 1 aromatic rings. The maximum Gasteiger partial charge on any atom is 0.141 e. The smallest absolute Gasteiger partial charge is 0.141 e. The lowest BCUT2D eigenvalue weighted by Crippen LogP contribution is -2.09. The fourth-order valence-electron chi connectivity index (χ4n) is 0.849. The molecule has 0 aliphatic heterocycles. The van der Waals surface area contributed by atoms with Crippen molar-refractivity contribution in [1.29, 1.82) is 0 Å². The van der Waals surface area contributed by atoms with Gasteiger partial charge in [-0.3, -0.25) is 0 Å². The van der Waals surface area contributed by atoms with E-state index in [0.717, 1.165) is 5.56 Å². The van der Waals surface area contributed by atoms with E-state index in [9.17, 15) is 4.39 Å². The fraction of sp³-hybridized carbons (Fsp3) is 0.250. The van der Waals surface area contributed by atoms with Crippen molar-refractivity contribution in [3.8, 4) is 0 Å². The quantitative estimate of drug-likeness (QED) is 0.559. The lowest BCUT2D eigenvalue weighted by atomic mass is 10.2. The van der Waals surface area contributed by atoms with Crippen LogP contribution in [0.4, 0.5) is 4.39 Å². The molecule has 0 fully saturated rings. The van der Waals surface area contributed by atoms with Crippen molar-refractivity contribution in [3.05, 3.63) is 34.6 Å². The molecule has 1 rings (SSSR count). The molecule has 4 heteroatoms. The van der Waals surface area contributed by atoms with Gasteiger partial charge >= 0.3 is 0 Å². The van der Waals surface area contributed by atoms with Crippen molar-refractivity contribution in [2.75, 3.05) is 7.05 Å². The summed E-state index contributed by atoms with van der Waals surface area (Å²) >= 11 is 9.79. The van der Waals surface area contributed by atoms with Crippen LogP contribution in [0.25, 0.3) is 0 Å². The van der Waals surface area contributed by atoms with Crippen LogP contribution in [0.5, 0.6) is 0 Å². The maximum absolute atomic E-state index is 12.7. The molecule has 0 aromatic heterocycles. The minimum absolute atomic E-state index is 0.108. The Morgan fingerprint density at radius 3 is 2.75 bits per heavy atom. The number of hydrogen-bond acceptors (Lipinski definition) is 2. The maximum atomic E-state index is 12.7. The summed E-state index contributed by atoms with van der Waals surface area (Å²) in [5, 5.41) is 2.93. The molecule has 1 nitrogen and oxygen atoms in total. The van der Waals surface area contributed by atoms with Gasteiger partial charge in [0.15, 0.2) is 0 Å². The van der Waals surface area contributed by atoms with E-state index < -0.39 is 5.82 Å². The molecule has 1 unspecified atom stereocenters. The minimum Gasteiger partial charge on any atom is -0.305 e. The first kappa shape index (κ1) is 9.84. The summed E-state index contributed by atoms with van der Waals surface area (Å²) in [5.41, 5.74) is 0.854. The van der Waals surface area contributed by atoms with Crippen LogP contribution in [0.1, 0.15) is 10.9 Å². The first-order valence-electron chi connectivity index (χ1n) is 3.45. The van der Waals surface area contributed by atoms with Gasteiger partial charge in [0, 0.05) is 0 Å². The second-order valence-corrected chi connectivity index (χ2v) is 3.29. The van der Waals surface area contributed by atoms with Gasteiger partial charge in [0.05, 0.1) is 10.4 Å². The molecule has 1 aromatic carbocycles. The SMILES string of the molecule is CNC(S)c1ccc(F)c(Cl)c1. The summed E-state index contributed by atoms with van der Waals surface area (Å²) < 4.78 is 12.7. The Morgan fingerprint density at radius 1 is 1.58 bits per heavy atom. The molecule has 0 saturated heterocycles. The zero-order valence-electron chi connectivity index (χ0n) is 6.51. The predicted octanol–water partition coefficient (Wildman–Crippen LogP) is 2.63. The van der Waals surface area contributed by atoms with Gasteiger partial charge in [-0.05, 0) is 24.7 Å². The average Bonchev–Trinajstić information content (AvgIpc) is 2.08. The zero-order chi connectivity index (χ0) is 9.14. The number of halogens is 2. The Kier molecular flexibility index (Phi) is 3.38. The Bertz CT molecular complexity index is 280. The van der Waals surface area contributed by atoms with E-state index in [2.05, 4.69) is 17.9 Å². The Balaban J connectivity index is 2.96. The molecule has 0 saturated carbocycles. The molecule has 0 amide bonds. The second-order valence-electron chi connectivity index (χ2n) is 2.36. The Hall–Kier alpha value is -0.250. The number of thiol groups is 1. The highest BCUT2D eigenvalue weighted by molar-refractivity contribution is 7.80. The van der Waals surface area contributed by atoms with Gasteiger partial charge in [0.25, 0.3) is 0 Å². The predicted molar refractivity (Wildman–Crippen MR) is 52.2 cm³/mol. The molecular formula is C8H9ClFNS. The van der Waals surface area contributed by atoms with Crippen LogP contribution < -0.4 is 5.32 Å². The third-order valence-corrected chi connectivity index (χ3v) is 2.38. The molecule has 0 spiro atoms. The normalized spacial score (nSPS) is 13.0. The van der Waals surface area contributed by atoms with E-state index >= 15 is 0 Å². The highest BCUT2D eigenvalue weighted by atomic mass is 35.5. The summed E-state index contributed by atoms with van der Waals surface area (Å²) in [6, 6.07) is 4.54. The van der Waals surface area contributed by atoms with Crippen molar-refractivity contribution in [2.45, 2.75) is 5.37 Å². The molecule has 0 radical (unpaired) electrons. The van der Waals surface area contributed by atoms with Gasteiger partial charge < -0.3 is 5.32 Å². The summed E-state index contributed by atoms with van der Waals surface area (Å²) in [6.07, 6.45) is 0. The number of hydrogen-bond donors (Lipinski definition) is 2. The first-order valence-corrected chi connectivity index (χ1v) is 4.35. The van der Waals surface area contributed by atoms with Gasteiger partial charge in [-0.2, -0.15) is 12.6 Å². The zero-order valence-corrected chi connectivity index (χ0v) is 8.16. The molecule has 0 aliphatic rings. The van der Waals surface area contributed by atoms with E-state index in [-0.39, 0.29) is 10.4 Å². The molecule has 12 heavy (non-hydrogen) atoms. The molecule has 66 valence electrons. The number of benzene rings is 1.